The second-order valence-corrected chi connectivity index (χ2v) is 3.98. The molecule has 0 aromatic heterocycles. The maximum absolute atomic E-state index is 13.6. The Balaban J connectivity index is 2.45. The van der Waals surface area contributed by atoms with Gasteiger partial charge in [0.25, 0.3) is 0 Å². The first-order chi connectivity index (χ1) is 7.07. The van der Waals surface area contributed by atoms with Crippen LogP contribution in [0.15, 0.2) is 12.1 Å². The molecule has 1 aliphatic rings. The third kappa shape index (κ3) is 1.59. The van der Waals surface area contributed by atoms with Crippen molar-refractivity contribution in [1.29, 1.82) is 0 Å². The van der Waals surface area contributed by atoms with Gasteiger partial charge in [-0.2, -0.15) is 0 Å². The van der Waals surface area contributed by atoms with Gasteiger partial charge in [0.15, 0.2) is 11.6 Å². The Morgan fingerprint density at radius 2 is 1.93 bits per heavy atom. The lowest BCUT2D eigenvalue weighted by molar-refractivity contribution is 0.243. The Hall–Kier alpha value is -1.16. The van der Waals surface area contributed by atoms with E-state index in [1.807, 2.05) is 0 Å². The van der Waals surface area contributed by atoms with Gasteiger partial charge in [-0.1, -0.05) is 0 Å². The summed E-state index contributed by atoms with van der Waals surface area (Å²) in [6.07, 6.45) is 2.37. The molecule has 0 heterocycles. The smallest absolute Gasteiger partial charge is 0.165 e. The Kier molecular flexibility index (Phi) is 2.38. The predicted octanol–water partition coefficient (Wildman–Crippen LogP) is 2.31. The van der Waals surface area contributed by atoms with Crippen molar-refractivity contribution in [2.24, 2.45) is 5.73 Å². The van der Waals surface area contributed by atoms with Gasteiger partial charge >= 0.3 is 0 Å². The normalized spacial score (nSPS) is 18.4. The number of halogens is 2. The molecule has 0 amide bonds. The van der Waals surface area contributed by atoms with E-state index in [2.05, 4.69) is 4.74 Å². The zero-order chi connectivity index (χ0) is 11.1. The monoisotopic (exact) mass is 213 g/mol. The van der Waals surface area contributed by atoms with Gasteiger partial charge in [0.05, 0.1) is 7.11 Å². The molecule has 0 unspecified atom stereocenters. The number of nitrogens with two attached hydrogens (primary N) is 1. The van der Waals surface area contributed by atoms with Crippen LogP contribution >= 0.6 is 0 Å². The molecule has 0 saturated heterocycles. The van der Waals surface area contributed by atoms with E-state index >= 15 is 0 Å². The van der Waals surface area contributed by atoms with Crippen LogP contribution in [0.25, 0.3) is 0 Å². The highest BCUT2D eigenvalue weighted by Gasteiger charge is 2.37. The third-order valence-electron chi connectivity index (χ3n) is 3.02. The fraction of sp³-hybridized carbons (Fsp3) is 0.455. The van der Waals surface area contributed by atoms with Crippen LogP contribution in [0.2, 0.25) is 0 Å². The molecule has 0 bridgehead atoms. The van der Waals surface area contributed by atoms with Gasteiger partial charge in [-0.3, -0.25) is 0 Å². The Bertz CT molecular complexity index is 388. The summed E-state index contributed by atoms with van der Waals surface area (Å²) in [5, 5.41) is 0. The highest BCUT2D eigenvalue weighted by Crippen LogP contribution is 2.41. The van der Waals surface area contributed by atoms with Crippen LogP contribution in [-0.2, 0) is 5.54 Å². The molecule has 0 atom stereocenters. The first-order valence-electron chi connectivity index (χ1n) is 4.89. The lowest BCUT2D eigenvalue weighted by atomic mass is 9.72. The van der Waals surface area contributed by atoms with Crippen molar-refractivity contribution < 1.29 is 13.5 Å². The summed E-state index contributed by atoms with van der Waals surface area (Å²) in [6, 6.07) is 2.20. The van der Waals surface area contributed by atoms with Crippen LogP contribution in [0.4, 0.5) is 8.78 Å². The molecule has 0 aliphatic heterocycles. The summed E-state index contributed by atoms with van der Waals surface area (Å²) in [5.41, 5.74) is 5.51. The predicted molar refractivity (Wildman–Crippen MR) is 52.6 cm³/mol. The molecule has 82 valence electrons. The second-order valence-electron chi connectivity index (χ2n) is 3.98. The van der Waals surface area contributed by atoms with E-state index in [1.165, 1.54) is 7.11 Å². The number of ether oxygens (including phenoxy) is 1. The molecule has 2 N–H and O–H groups in total. The Labute approximate surface area is 87.0 Å². The van der Waals surface area contributed by atoms with Crippen molar-refractivity contribution in [1.82, 2.24) is 0 Å². The molecule has 2 rings (SSSR count). The minimum Gasteiger partial charge on any atom is -0.494 e. The van der Waals surface area contributed by atoms with E-state index in [9.17, 15) is 8.78 Å². The quantitative estimate of drug-likeness (QED) is 0.818. The second kappa shape index (κ2) is 3.45. The van der Waals surface area contributed by atoms with Crippen LogP contribution in [0.5, 0.6) is 5.75 Å². The minimum atomic E-state index is -0.683. The Morgan fingerprint density at radius 3 is 2.40 bits per heavy atom. The van der Waals surface area contributed by atoms with Gasteiger partial charge in [-0.05, 0) is 25.3 Å². The van der Waals surface area contributed by atoms with Crippen molar-refractivity contribution in [2.75, 3.05) is 7.11 Å². The molecule has 0 radical (unpaired) electrons. The number of benzene rings is 1. The van der Waals surface area contributed by atoms with Crippen LogP contribution in [-0.4, -0.2) is 7.11 Å². The van der Waals surface area contributed by atoms with E-state index in [1.54, 1.807) is 0 Å². The van der Waals surface area contributed by atoms with Crippen molar-refractivity contribution in [3.63, 3.8) is 0 Å². The number of hydrogen-bond acceptors (Lipinski definition) is 2. The third-order valence-corrected chi connectivity index (χ3v) is 3.02. The van der Waals surface area contributed by atoms with E-state index in [0.717, 1.165) is 18.6 Å². The molecule has 1 aromatic rings. The summed E-state index contributed by atoms with van der Waals surface area (Å²) in [5.74, 6) is -1.14. The molecular formula is C11H13F2NO. The highest BCUT2D eigenvalue weighted by molar-refractivity contribution is 5.36. The average molecular weight is 213 g/mol. The van der Waals surface area contributed by atoms with Crippen molar-refractivity contribution >= 4 is 0 Å². The molecule has 1 fully saturated rings. The zero-order valence-corrected chi connectivity index (χ0v) is 8.52. The summed E-state index contributed by atoms with van der Waals surface area (Å²) < 4.78 is 31.7. The molecule has 2 nitrogen and oxygen atoms in total. The van der Waals surface area contributed by atoms with Crippen LogP contribution in [0, 0.1) is 11.6 Å². The molecular weight excluding hydrogens is 200 g/mol. The highest BCUT2D eigenvalue weighted by atomic mass is 19.1. The molecule has 1 aromatic carbocycles. The summed E-state index contributed by atoms with van der Waals surface area (Å²) in [4.78, 5) is 0. The van der Waals surface area contributed by atoms with Gasteiger partial charge in [-0.15, -0.1) is 0 Å². The standard InChI is InChI=1S/C11H13F2NO/c1-15-10-6-8(12)7(5-9(10)13)11(14)3-2-4-11/h5-6H,2-4,14H2,1H3. The van der Waals surface area contributed by atoms with Crippen molar-refractivity contribution in [3.05, 3.63) is 29.3 Å². The first-order valence-corrected chi connectivity index (χ1v) is 4.89. The summed E-state index contributed by atoms with van der Waals surface area (Å²) in [6.45, 7) is 0. The van der Waals surface area contributed by atoms with E-state index in [0.29, 0.717) is 12.8 Å². The molecule has 15 heavy (non-hydrogen) atoms. The molecule has 1 saturated carbocycles. The van der Waals surface area contributed by atoms with E-state index in [4.69, 9.17) is 5.73 Å². The van der Waals surface area contributed by atoms with Crippen LogP contribution in [0.1, 0.15) is 24.8 Å². The van der Waals surface area contributed by atoms with E-state index in [-0.39, 0.29) is 11.3 Å². The van der Waals surface area contributed by atoms with Crippen LogP contribution < -0.4 is 10.5 Å². The van der Waals surface area contributed by atoms with Crippen molar-refractivity contribution in [2.45, 2.75) is 24.8 Å². The fourth-order valence-electron chi connectivity index (χ4n) is 1.89. The number of methoxy groups -OCH3 is 1. The van der Waals surface area contributed by atoms with Crippen molar-refractivity contribution in [3.8, 4) is 5.75 Å². The lowest BCUT2D eigenvalue weighted by Gasteiger charge is -2.38. The molecule has 4 heteroatoms. The Morgan fingerprint density at radius 1 is 1.27 bits per heavy atom. The maximum atomic E-state index is 13.6. The minimum absolute atomic E-state index is 0.0841. The molecule has 0 spiro atoms. The topological polar surface area (TPSA) is 35.2 Å². The first kappa shape index (κ1) is 10.4. The summed E-state index contributed by atoms with van der Waals surface area (Å²) >= 11 is 0. The number of rotatable bonds is 2. The fourth-order valence-corrected chi connectivity index (χ4v) is 1.89. The number of hydrogen-bond donors (Lipinski definition) is 1. The van der Waals surface area contributed by atoms with Gasteiger partial charge in [0.1, 0.15) is 5.82 Å². The van der Waals surface area contributed by atoms with E-state index < -0.39 is 17.2 Å². The summed E-state index contributed by atoms with van der Waals surface area (Å²) in [7, 11) is 1.30. The van der Waals surface area contributed by atoms with Gasteiger partial charge in [0, 0.05) is 17.2 Å². The van der Waals surface area contributed by atoms with Gasteiger partial charge in [-0.25, -0.2) is 8.78 Å². The lowest BCUT2D eigenvalue weighted by Crippen LogP contribution is -2.44. The van der Waals surface area contributed by atoms with Gasteiger partial charge < -0.3 is 10.5 Å². The van der Waals surface area contributed by atoms with Gasteiger partial charge in [0.2, 0.25) is 0 Å². The van der Waals surface area contributed by atoms with Crippen LogP contribution in [0.3, 0.4) is 0 Å². The average Bonchev–Trinajstić information content (AvgIpc) is 2.17. The zero-order valence-electron chi connectivity index (χ0n) is 8.52. The SMILES string of the molecule is COc1cc(F)c(C2(N)CCC2)cc1F. The largest absolute Gasteiger partial charge is 0.494 e. The molecule has 1 aliphatic carbocycles. The maximum Gasteiger partial charge on any atom is 0.165 e.